The van der Waals surface area contributed by atoms with Crippen LogP contribution >= 0.6 is 22.9 Å². The fourth-order valence-corrected chi connectivity index (χ4v) is 4.95. The number of thiophene rings is 1. The summed E-state index contributed by atoms with van der Waals surface area (Å²) in [5.74, 6) is -0.408. The molecule has 0 aliphatic heterocycles. The minimum absolute atomic E-state index is 0.110. The molecule has 0 radical (unpaired) electrons. The maximum Gasteiger partial charge on any atom is 0.252 e. The zero-order valence-electron chi connectivity index (χ0n) is 14.4. The lowest BCUT2D eigenvalue weighted by Crippen LogP contribution is -2.34. The van der Waals surface area contributed by atoms with Gasteiger partial charge in [0.05, 0.1) is 10.9 Å². The van der Waals surface area contributed by atoms with Gasteiger partial charge >= 0.3 is 0 Å². The second-order valence-electron chi connectivity index (χ2n) is 5.76. The lowest BCUT2D eigenvalue weighted by Gasteiger charge is -2.18. The van der Waals surface area contributed by atoms with Gasteiger partial charge in [0, 0.05) is 32.5 Å². The van der Waals surface area contributed by atoms with Gasteiger partial charge in [0.25, 0.3) is 10.0 Å². The normalized spacial score (nSPS) is 11.6. The van der Waals surface area contributed by atoms with Crippen LogP contribution in [0.25, 0.3) is 0 Å². The van der Waals surface area contributed by atoms with E-state index >= 15 is 0 Å². The first kappa shape index (κ1) is 19.7. The highest BCUT2D eigenvalue weighted by Crippen LogP contribution is 2.27. The number of rotatable bonds is 6. The van der Waals surface area contributed by atoms with E-state index in [0.717, 1.165) is 26.9 Å². The zero-order valence-corrected chi connectivity index (χ0v) is 16.8. The third-order valence-electron chi connectivity index (χ3n) is 3.58. The molecular formula is C16H20ClN3O3S2. The summed E-state index contributed by atoms with van der Waals surface area (Å²) >= 11 is 6.75. The highest BCUT2D eigenvalue weighted by molar-refractivity contribution is 7.91. The van der Waals surface area contributed by atoms with Crippen molar-refractivity contribution in [2.24, 2.45) is 0 Å². The SMILES string of the molecule is Cc1cc(N(C)C)ccc1NC(=O)CN(C)S(=O)(=O)c1ccc(Cl)s1. The lowest BCUT2D eigenvalue weighted by atomic mass is 10.1. The summed E-state index contributed by atoms with van der Waals surface area (Å²) in [4.78, 5) is 14.2. The second-order valence-corrected chi connectivity index (χ2v) is 9.75. The van der Waals surface area contributed by atoms with Gasteiger partial charge < -0.3 is 10.2 Å². The van der Waals surface area contributed by atoms with E-state index in [4.69, 9.17) is 11.6 Å². The average molecular weight is 402 g/mol. The van der Waals surface area contributed by atoms with Gasteiger partial charge in [0.15, 0.2) is 0 Å². The van der Waals surface area contributed by atoms with Crippen LogP contribution in [0.1, 0.15) is 5.56 Å². The van der Waals surface area contributed by atoms with Crippen LogP contribution in [0.3, 0.4) is 0 Å². The van der Waals surface area contributed by atoms with Crippen molar-refractivity contribution >= 4 is 50.2 Å². The third-order valence-corrected chi connectivity index (χ3v) is 7.08. The molecule has 1 aromatic carbocycles. The predicted octanol–water partition coefficient (Wildman–Crippen LogP) is 3.04. The van der Waals surface area contributed by atoms with E-state index < -0.39 is 15.9 Å². The summed E-state index contributed by atoms with van der Waals surface area (Å²) in [6.45, 7) is 1.60. The molecule has 0 atom stereocenters. The highest BCUT2D eigenvalue weighted by atomic mass is 35.5. The number of likely N-dealkylation sites (N-methyl/N-ethyl adjacent to an activating group) is 1. The number of benzene rings is 1. The number of carbonyl (C=O) groups is 1. The quantitative estimate of drug-likeness (QED) is 0.807. The molecule has 0 unspecified atom stereocenters. The van der Waals surface area contributed by atoms with Crippen LogP contribution in [-0.2, 0) is 14.8 Å². The summed E-state index contributed by atoms with van der Waals surface area (Å²) < 4.78 is 26.3. The van der Waals surface area contributed by atoms with E-state index in [2.05, 4.69) is 5.32 Å². The first-order valence-electron chi connectivity index (χ1n) is 7.41. The molecule has 0 aliphatic rings. The maximum absolute atomic E-state index is 12.4. The van der Waals surface area contributed by atoms with Crippen LogP contribution in [0.5, 0.6) is 0 Å². The number of hydrogen-bond acceptors (Lipinski definition) is 5. The number of carbonyl (C=O) groups excluding carboxylic acids is 1. The van der Waals surface area contributed by atoms with Crippen molar-refractivity contribution in [3.05, 3.63) is 40.2 Å². The standard InChI is InChI=1S/C16H20ClN3O3S2/c1-11-9-12(19(2)3)5-6-13(11)18-15(21)10-20(4)25(22,23)16-8-7-14(17)24-16/h5-9H,10H2,1-4H3,(H,18,21). The van der Waals surface area contributed by atoms with E-state index in [1.807, 2.05) is 38.1 Å². The van der Waals surface area contributed by atoms with Gasteiger partial charge in [-0.05, 0) is 42.8 Å². The van der Waals surface area contributed by atoms with Crippen molar-refractivity contribution in [2.75, 3.05) is 37.9 Å². The number of nitrogens with zero attached hydrogens (tertiary/aromatic N) is 2. The number of sulfonamides is 1. The van der Waals surface area contributed by atoms with Crippen LogP contribution in [0.2, 0.25) is 4.34 Å². The Hall–Kier alpha value is -1.61. The van der Waals surface area contributed by atoms with Crippen LogP contribution < -0.4 is 10.2 Å². The Balaban J connectivity index is 2.07. The molecule has 2 aromatic rings. The van der Waals surface area contributed by atoms with Crippen LogP contribution in [0, 0.1) is 6.92 Å². The number of nitrogens with one attached hydrogen (secondary N) is 1. The Morgan fingerprint density at radius 1 is 1.20 bits per heavy atom. The number of anilines is 2. The fraction of sp³-hybridized carbons (Fsp3) is 0.312. The fourth-order valence-electron chi connectivity index (χ4n) is 2.13. The topological polar surface area (TPSA) is 69.7 Å². The molecule has 1 aromatic heterocycles. The molecule has 0 saturated heterocycles. The van der Waals surface area contributed by atoms with Crippen molar-refractivity contribution < 1.29 is 13.2 Å². The van der Waals surface area contributed by atoms with Crippen LogP contribution in [0.4, 0.5) is 11.4 Å². The second kappa shape index (κ2) is 7.74. The maximum atomic E-state index is 12.4. The predicted molar refractivity (Wildman–Crippen MR) is 103 cm³/mol. The highest BCUT2D eigenvalue weighted by Gasteiger charge is 2.24. The summed E-state index contributed by atoms with van der Waals surface area (Å²) in [5.41, 5.74) is 2.57. The number of halogens is 1. The first-order valence-corrected chi connectivity index (χ1v) is 10.0. The smallest absolute Gasteiger partial charge is 0.252 e. The van der Waals surface area contributed by atoms with Crippen LogP contribution in [-0.4, -0.2) is 46.3 Å². The molecule has 0 saturated carbocycles. The summed E-state index contributed by atoms with van der Waals surface area (Å²) in [5, 5.41) is 2.75. The Labute approximate surface area is 157 Å². The molecule has 0 spiro atoms. The van der Waals surface area contributed by atoms with Gasteiger partial charge in [-0.1, -0.05) is 11.6 Å². The molecule has 6 nitrogen and oxygen atoms in total. The molecule has 1 N–H and O–H groups in total. The van der Waals surface area contributed by atoms with E-state index in [1.54, 1.807) is 6.07 Å². The molecule has 0 bridgehead atoms. The van der Waals surface area contributed by atoms with E-state index in [1.165, 1.54) is 19.2 Å². The van der Waals surface area contributed by atoms with Gasteiger partial charge in [-0.15, -0.1) is 11.3 Å². The minimum Gasteiger partial charge on any atom is -0.378 e. The number of aryl methyl sites for hydroxylation is 1. The van der Waals surface area contributed by atoms with Crippen molar-refractivity contribution in [1.29, 1.82) is 0 Å². The van der Waals surface area contributed by atoms with Crippen molar-refractivity contribution in [2.45, 2.75) is 11.1 Å². The molecule has 0 aliphatic carbocycles. The van der Waals surface area contributed by atoms with Crippen molar-refractivity contribution in [1.82, 2.24) is 4.31 Å². The zero-order chi connectivity index (χ0) is 18.8. The molecule has 2 rings (SSSR count). The van der Waals surface area contributed by atoms with Gasteiger partial charge in [-0.3, -0.25) is 4.79 Å². The molecule has 136 valence electrons. The molecule has 1 heterocycles. The summed E-state index contributed by atoms with van der Waals surface area (Å²) in [6, 6.07) is 8.58. The van der Waals surface area contributed by atoms with Gasteiger partial charge in [0.1, 0.15) is 4.21 Å². The number of amides is 1. The molecule has 25 heavy (non-hydrogen) atoms. The minimum atomic E-state index is -3.73. The monoisotopic (exact) mass is 401 g/mol. The Morgan fingerprint density at radius 3 is 2.40 bits per heavy atom. The van der Waals surface area contributed by atoms with E-state index in [0.29, 0.717) is 10.0 Å². The first-order chi connectivity index (χ1) is 11.6. The Kier molecular flexibility index (Phi) is 6.10. The Morgan fingerprint density at radius 2 is 1.88 bits per heavy atom. The molecule has 0 fully saturated rings. The Bertz CT molecular complexity index is 879. The van der Waals surface area contributed by atoms with E-state index in [-0.39, 0.29) is 10.8 Å². The molecule has 9 heteroatoms. The van der Waals surface area contributed by atoms with Crippen LogP contribution in [0.15, 0.2) is 34.5 Å². The number of hydrogen-bond donors (Lipinski definition) is 1. The van der Waals surface area contributed by atoms with E-state index in [9.17, 15) is 13.2 Å². The van der Waals surface area contributed by atoms with Gasteiger partial charge in [-0.2, -0.15) is 4.31 Å². The summed E-state index contributed by atoms with van der Waals surface area (Å²) in [7, 11) is 1.50. The van der Waals surface area contributed by atoms with Crippen molar-refractivity contribution in [3.8, 4) is 0 Å². The van der Waals surface area contributed by atoms with Gasteiger partial charge in [0.2, 0.25) is 5.91 Å². The van der Waals surface area contributed by atoms with Crippen molar-refractivity contribution in [3.63, 3.8) is 0 Å². The molecular weight excluding hydrogens is 382 g/mol. The van der Waals surface area contributed by atoms with Gasteiger partial charge in [-0.25, -0.2) is 8.42 Å². The average Bonchev–Trinajstić information content (AvgIpc) is 2.96. The summed E-state index contributed by atoms with van der Waals surface area (Å²) in [6.07, 6.45) is 0. The largest absolute Gasteiger partial charge is 0.378 e. The third kappa shape index (κ3) is 4.72. The lowest BCUT2D eigenvalue weighted by molar-refractivity contribution is -0.116. The molecule has 1 amide bonds.